The highest BCUT2D eigenvalue weighted by molar-refractivity contribution is 6.33. The predicted molar refractivity (Wildman–Crippen MR) is 102 cm³/mol. The first kappa shape index (κ1) is 20.4. The van der Waals surface area contributed by atoms with Gasteiger partial charge in [0.1, 0.15) is 0 Å². The lowest BCUT2D eigenvalue weighted by atomic mass is 10.0. The third-order valence-electron chi connectivity index (χ3n) is 3.96. The van der Waals surface area contributed by atoms with Crippen LogP contribution in [-0.4, -0.2) is 22.9 Å². The van der Waals surface area contributed by atoms with Crippen molar-refractivity contribution in [1.29, 1.82) is 0 Å². The van der Waals surface area contributed by atoms with Crippen LogP contribution in [0.25, 0.3) is 0 Å². The maximum absolute atomic E-state index is 12.4. The van der Waals surface area contributed by atoms with Crippen molar-refractivity contribution in [3.63, 3.8) is 0 Å². The van der Waals surface area contributed by atoms with Crippen LogP contribution in [0.4, 0.5) is 11.4 Å². The van der Waals surface area contributed by atoms with Gasteiger partial charge in [0, 0.05) is 17.8 Å². The zero-order valence-electron chi connectivity index (χ0n) is 15.3. The van der Waals surface area contributed by atoms with Gasteiger partial charge in [-0.25, -0.2) is 4.79 Å². The molecule has 142 valence electrons. The number of carbonyl (C=O) groups excluding carboxylic acids is 2. The summed E-state index contributed by atoms with van der Waals surface area (Å²) in [5, 5.41) is 13.4. The van der Waals surface area contributed by atoms with Crippen molar-refractivity contribution in [1.82, 2.24) is 0 Å². The molecule has 1 N–H and O–H groups in total. The van der Waals surface area contributed by atoms with Gasteiger partial charge in [-0.3, -0.25) is 14.9 Å². The molecule has 27 heavy (non-hydrogen) atoms. The number of hydrogen-bond donors (Lipinski definition) is 1. The molecule has 0 aromatic heterocycles. The van der Waals surface area contributed by atoms with Crippen molar-refractivity contribution in [2.45, 2.75) is 33.8 Å². The normalized spacial score (nSPS) is 11.6. The highest BCUT2D eigenvalue weighted by atomic mass is 35.5. The fourth-order valence-corrected chi connectivity index (χ4v) is 2.91. The number of amides is 1. The summed E-state index contributed by atoms with van der Waals surface area (Å²) in [5.74, 6) is -1.33. The second-order valence-electron chi connectivity index (χ2n) is 6.23. The Kier molecular flexibility index (Phi) is 6.17. The number of non-ortho nitro benzene ring substituents is 1. The molecule has 0 aliphatic rings. The predicted octanol–water partition coefficient (Wildman–Crippen LogP) is 4.36. The lowest BCUT2D eigenvalue weighted by Crippen LogP contribution is -2.30. The van der Waals surface area contributed by atoms with E-state index < -0.39 is 22.9 Å². The number of anilines is 1. The lowest BCUT2D eigenvalue weighted by molar-refractivity contribution is -0.384. The number of nitro benzene ring substituents is 1. The maximum Gasteiger partial charge on any atom is 0.340 e. The van der Waals surface area contributed by atoms with Gasteiger partial charge in [-0.1, -0.05) is 29.3 Å². The van der Waals surface area contributed by atoms with Gasteiger partial charge in [-0.2, -0.15) is 0 Å². The van der Waals surface area contributed by atoms with Crippen LogP contribution < -0.4 is 5.32 Å². The average molecular weight is 391 g/mol. The maximum atomic E-state index is 12.4. The fraction of sp³-hybridized carbons (Fsp3) is 0.263. The van der Waals surface area contributed by atoms with Gasteiger partial charge in [-0.15, -0.1) is 0 Å². The molecule has 1 amide bonds. The topological polar surface area (TPSA) is 98.5 Å². The molecule has 0 spiro atoms. The molecule has 0 bridgehead atoms. The Labute approximate surface area is 161 Å². The van der Waals surface area contributed by atoms with Crippen LogP contribution in [0.15, 0.2) is 30.3 Å². The van der Waals surface area contributed by atoms with Crippen molar-refractivity contribution in [3.8, 4) is 0 Å². The molecule has 8 heteroatoms. The van der Waals surface area contributed by atoms with Gasteiger partial charge in [0.15, 0.2) is 6.10 Å². The quantitative estimate of drug-likeness (QED) is 0.464. The molecule has 0 radical (unpaired) electrons. The number of benzene rings is 2. The monoisotopic (exact) mass is 390 g/mol. The molecule has 0 saturated heterocycles. The number of ether oxygens (including phenoxy) is 1. The molecule has 0 unspecified atom stereocenters. The van der Waals surface area contributed by atoms with E-state index in [0.29, 0.717) is 5.69 Å². The molecule has 0 aliphatic carbocycles. The number of esters is 1. The molecule has 0 heterocycles. The van der Waals surface area contributed by atoms with Crippen molar-refractivity contribution in [2.75, 3.05) is 5.32 Å². The third-order valence-corrected chi connectivity index (χ3v) is 4.27. The van der Waals surface area contributed by atoms with Crippen molar-refractivity contribution < 1.29 is 19.2 Å². The smallest absolute Gasteiger partial charge is 0.340 e. The molecule has 2 aromatic rings. The zero-order chi connectivity index (χ0) is 20.3. The first-order valence-electron chi connectivity index (χ1n) is 8.13. The van der Waals surface area contributed by atoms with E-state index in [1.165, 1.54) is 13.0 Å². The minimum Gasteiger partial charge on any atom is -0.449 e. The summed E-state index contributed by atoms with van der Waals surface area (Å²) in [6.45, 7) is 7.15. The van der Waals surface area contributed by atoms with Gasteiger partial charge in [0.05, 0.1) is 15.5 Å². The number of hydrogen-bond acceptors (Lipinski definition) is 5. The summed E-state index contributed by atoms with van der Waals surface area (Å²) in [4.78, 5) is 34.7. The van der Waals surface area contributed by atoms with Gasteiger partial charge in [0.2, 0.25) is 0 Å². The fourth-order valence-electron chi connectivity index (χ4n) is 2.66. The molecule has 1 atom stereocenters. The molecule has 0 saturated carbocycles. The molecule has 0 aliphatic heterocycles. The zero-order valence-corrected chi connectivity index (χ0v) is 16.1. The average Bonchev–Trinajstić information content (AvgIpc) is 2.57. The Balaban J connectivity index is 2.10. The lowest BCUT2D eigenvalue weighted by Gasteiger charge is -2.17. The van der Waals surface area contributed by atoms with E-state index in [-0.39, 0.29) is 16.3 Å². The number of aryl methyl sites for hydroxylation is 3. The first-order valence-corrected chi connectivity index (χ1v) is 8.51. The summed E-state index contributed by atoms with van der Waals surface area (Å²) in [5.41, 5.74) is 3.25. The third kappa shape index (κ3) is 4.83. The van der Waals surface area contributed by atoms with Gasteiger partial charge in [0.25, 0.3) is 11.6 Å². The van der Waals surface area contributed by atoms with E-state index in [1.54, 1.807) is 0 Å². The molecular formula is C19H19ClN2O5. The minimum atomic E-state index is -1.08. The van der Waals surface area contributed by atoms with E-state index in [9.17, 15) is 19.7 Å². The Morgan fingerprint density at radius 3 is 2.26 bits per heavy atom. The van der Waals surface area contributed by atoms with Gasteiger partial charge in [-0.05, 0) is 44.9 Å². The highest BCUT2D eigenvalue weighted by Gasteiger charge is 2.22. The van der Waals surface area contributed by atoms with Crippen LogP contribution in [-0.2, 0) is 9.53 Å². The van der Waals surface area contributed by atoms with Gasteiger partial charge < -0.3 is 10.1 Å². The van der Waals surface area contributed by atoms with Crippen LogP contribution in [0.3, 0.4) is 0 Å². The Hall–Kier alpha value is -2.93. The molecule has 0 fully saturated rings. The van der Waals surface area contributed by atoms with Gasteiger partial charge >= 0.3 is 5.97 Å². The number of rotatable bonds is 5. The summed E-state index contributed by atoms with van der Waals surface area (Å²) in [6.07, 6.45) is -1.08. The van der Waals surface area contributed by atoms with Crippen LogP contribution in [0.2, 0.25) is 5.02 Å². The summed E-state index contributed by atoms with van der Waals surface area (Å²) >= 11 is 5.91. The van der Waals surface area contributed by atoms with E-state index in [1.807, 2.05) is 32.9 Å². The van der Waals surface area contributed by atoms with Crippen LogP contribution in [0.5, 0.6) is 0 Å². The Bertz CT molecular complexity index is 903. The second-order valence-corrected chi connectivity index (χ2v) is 6.64. The van der Waals surface area contributed by atoms with Crippen molar-refractivity contribution in [3.05, 3.63) is 67.7 Å². The van der Waals surface area contributed by atoms with E-state index in [4.69, 9.17) is 16.3 Å². The molecule has 2 rings (SSSR count). The highest BCUT2D eigenvalue weighted by Crippen LogP contribution is 2.24. The van der Waals surface area contributed by atoms with E-state index >= 15 is 0 Å². The number of nitro groups is 1. The molecule has 7 nitrogen and oxygen atoms in total. The number of nitrogens with one attached hydrogen (secondary N) is 1. The summed E-state index contributed by atoms with van der Waals surface area (Å²) in [6, 6.07) is 7.28. The standard InChI is InChI=1S/C19H19ClN2O5/c1-10-7-11(2)17(12(3)8-10)21-18(23)13(4)27-19(24)15-6-5-14(22(25)26)9-16(15)20/h5-9,13H,1-4H3,(H,21,23)/t13-/m0/s1. The SMILES string of the molecule is Cc1cc(C)c(NC(=O)[C@H](C)OC(=O)c2ccc([N+](=O)[O-])cc2Cl)c(C)c1. The molecular weight excluding hydrogens is 372 g/mol. The van der Waals surface area contributed by atoms with Crippen molar-refractivity contribution >= 4 is 34.9 Å². The van der Waals surface area contributed by atoms with Crippen LogP contribution >= 0.6 is 11.6 Å². The minimum absolute atomic E-state index is 0.0513. The van der Waals surface area contributed by atoms with Crippen molar-refractivity contribution in [2.24, 2.45) is 0 Å². The Morgan fingerprint density at radius 2 is 1.74 bits per heavy atom. The van der Waals surface area contributed by atoms with Crippen LogP contribution in [0.1, 0.15) is 34.0 Å². The number of nitrogens with zero attached hydrogens (tertiary/aromatic N) is 1. The van der Waals surface area contributed by atoms with E-state index in [0.717, 1.165) is 28.8 Å². The number of halogens is 1. The second kappa shape index (κ2) is 8.18. The van der Waals surface area contributed by atoms with E-state index in [2.05, 4.69) is 5.32 Å². The Morgan fingerprint density at radius 1 is 1.15 bits per heavy atom. The largest absolute Gasteiger partial charge is 0.449 e. The summed E-state index contributed by atoms with van der Waals surface area (Å²) in [7, 11) is 0. The molecule has 2 aromatic carbocycles. The first-order chi connectivity index (χ1) is 12.6. The van der Waals surface area contributed by atoms with Crippen LogP contribution in [0, 0.1) is 30.9 Å². The summed E-state index contributed by atoms with van der Waals surface area (Å²) < 4.78 is 5.15. The number of carbonyl (C=O) groups is 2.